The molecule has 2 aliphatic heterocycles. The number of carbonyl (C=O) groups excluding carboxylic acids is 1. The van der Waals surface area contributed by atoms with Crippen molar-refractivity contribution >= 4 is 17.7 Å². The minimum atomic E-state index is -0.599. The highest BCUT2D eigenvalue weighted by molar-refractivity contribution is 5.85. The van der Waals surface area contributed by atoms with Crippen LogP contribution in [0.1, 0.15) is 43.9 Å². The average Bonchev–Trinajstić information content (AvgIpc) is 2.85. The van der Waals surface area contributed by atoms with Gasteiger partial charge in [-0.1, -0.05) is 55.8 Å². The second kappa shape index (κ2) is 6.69. The first-order valence-electron chi connectivity index (χ1n) is 10.00. The highest BCUT2D eigenvalue weighted by Gasteiger charge is 2.57. The molecule has 28 heavy (non-hydrogen) atoms. The zero-order chi connectivity index (χ0) is 19.9. The van der Waals surface area contributed by atoms with Gasteiger partial charge in [-0.3, -0.25) is 4.79 Å². The highest BCUT2D eigenvalue weighted by Crippen LogP contribution is 2.52. The van der Waals surface area contributed by atoms with Gasteiger partial charge in [-0.2, -0.15) is 0 Å². The highest BCUT2D eigenvalue weighted by atomic mass is 16.5. The van der Waals surface area contributed by atoms with Crippen molar-refractivity contribution in [2.24, 2.45) is 0 Å². The van der Waals surface area contributed by atoms with Crippen LogP contribution in [-0.4, -0.2) is 24.7 Å². The van der Waals surface area contributed by atoms with Crippen LogP contribution in [0.5, 0.6) is 5.75 Å². The van der Waals surface area contributed by atoms with E-state index in [4.69, 9.17) is 4.74 Å². The Kier molecular flexibility index (Phi) is 4.45. The van der Waals surface area contributed by atoms with E-state index in [1.54, 1.807) is 0 Å². The number of hydrogen-bond donors (Lipinski definition) is 1. The molecule has 1 unspecified atom stereocenters. The summed E-state index contributed by atoms with van der Waals surface area (Å²) < 4.78 is 5.78. The molecular formula is C24H28N2O2. The number of para-hydroxylation sites is 1. The molecule has 2 aromatic carbocycles. The smallest absolute Gasteiger partial charge is 0.223 e. The monoisotopic (exact) mass is 376 g/mol. The standard InChI is InChI=1S/C24H28N2O2/c1-5-28-21-9-7-6-8-18(21)12-14-24-23(3,4)19-16-17(2)10-11-20(19)26(24)15-13-22(27)25-24/h6-12,14,16H,5,13,15H2,1-4H3,(H,25,27). The number of aryl methyl sites for hydroxylation is 1. The molecular weight excluding hydrogens is 348 g/mol. The zero-order valence-corrected chi connectivity index (χ0v) is 17.1. The number of nitrogens with one attached hydrogen (secondary N) is 1. The Hall–Kier alpha value is -2.75. The third-order valence-corrected chi connectivity index (χ3v) is 6.11. The third kappa shape index (κ3) is 2.70. The first kappa shape index (κ1) is 18.6. The van der Waals surface area contributed by atoms with Crippen molar-refractivity contribution in [3.63, 3.8) is 0 Å². The zero-order valence-electron chi connectivity index (χ0n) is 17.1. The van der Waals surface area contributed by atoms with Crippen LogP contribution in [0.15, 0.2) is 48.5 Å². The number of benzene rings is 2. The molecule has 0 aliphatic carbocycles. The van der Waals surface area contributed by atoms with E-state index < -0.39 is 5.66 Å². The molecule has 0 radical (unpaired) electrons. The Labute approximate surface area is 167 Å². The molecule has 0 bridgehead atoms. The number of hydrogen-bond acceptors (Lipinski definition) is 3. The number of anilines is 1. The van der Waals surface area contributed by atoms with Crippen LogP contribution in [-0.2, 0) is 10.2 Å². The lowest BCUT2D eigenvalue weighted by atomic mass is 9.74. The van der Waals surface area contributed by atoms with Crippen molar-refractivity contribution in [2.45, 2.75) is 45.2 Å². The van der Waals surface area contributed by atoms with Crippen LogP contribution < -0.4 is 15.0 Å². The van der Waals surface area contributed by atoms with E-state index in [2.05, 4.69) is 61.3 Å². The summed E-state index contributed by atoms with van der Waals surface area (Å²) in [7, 11) is 0. The van der Waals surface area contributed by atoms with Gasteiger partial charge in [-0.15, -0.1) is 0 Å². The molecule has 4 rings (SSSR count). The van der Waals surface area contributed by atoms with Crippen molar-refractivity contribution < 1.29 is 9.53 Å². The van der Waals surface area contributed by atoms with Crippen molar-refractivity contribution in [1.82, 2.24) is 5.32 Å². The predicted molar refractivity (Wildman–Crippen MR) is 114 cm³/mol. The molecule has 0 aromatic heterocycles. The molecule has 1 atom stereocenters. The van der Waals surface area contributed by atoms with Crippen molar-refractivity contribution in [2.75, 3.05) is 18.1 Å². The van der Waals surface area contributed by atoms with Gasteiger partial charge in [0.05, 0.1) is 6.61 Å². The van der Waals surface area contributed by atoms with Gasteiger partial charge in [0.2, 0.25) is 5.91 Å². The molecule has 4 heteroatoms. The van der Waals surface area contributed by atoms with Crippen molar-refractivity contribution in [3.8, 4) is 5.75 Å². The van der Waals surface area contributed by atoms with Gasteiger partial charge in [0.1, 0.15) is 11.4 Å². The largest absolute Gasteiger partial charge is 0.493 e. The third-order valence-electron chi connectivity index (χ3n) is 6.11. The molecule has 2 aliphatic rings. The lowest BCUT2D eigenvalue weighted by Gasteiger charge is -2.49. The Bertz CT molecular complexity index is 947. The number of carbonyl (C=O) groups is 1. The fourth-order valence-corrected chi connectivity index (χ4v) is 4.58. The molecule has 2 aromatic rings. The second-order valence-corrected chi connectivity index (χ2v) is 8.17. The summed E-state index contributed by atoms with van der Waals surface area (Å²) in [4.78, 5) is 14.9. The molecule has 0 spiro atoms. The maximum absolute atomic E-state index is 12.5. The van der Waals surface area contributed by atoms with Gasteiger partial charge < -0.3 is 15.0 Å². The summed E-state index contributed by atoms with van der Waals surface area (Å²) in [6.07, 6.45) is 4.75. The fourth-order valence-electron chi connectivity index (χ4n) is 4.58. The van der Waals surface area contributed by atoms with E-state index in [0.29, 0.717) is 19.6 Å². The Morgan fingerprint density at radius 1 is 1.21 bits per heavy atom. The van der Waals surface area contributed by atoms with Gasteiger partial charge in [0.15, 0.2) is 0 Å². The number of ether oxygens (including phenoxy) is 1. The maximum atomic E-state index is 12.5. The minimum Gasteiger partial charge on any atom is -0.493 e. The molecule has 1 N–H and O–H groups in total. The van der Waals surface area contributed by atoms with Gasteiger partial charge in [-0.25, -0.2) is 0 Å². The molecule has 1 saturated heterocycles. The van der Waals surface area contributed by atoms with Crippen LogP contribution in [0.3, 0.4) is 0 Å². The van der Waals surface area contributed by atoms with E-state index in [1.807, 2.05) is 31.2 Å². The van der Waals surface area contributed by atoms with E-state index in [-0.39, 0.29) is 11.3 Å². The number of amides is 1. The van der Waals surface area contributed by atoms with Gasteiger partial charge in [-0.05, 0) is 37.6 Å². The normalized spacial score (nSPS) is 22.7. The quantitative estimate of drug-likeness (QED) is 0.859. The van der Waals surface area contributed by atoms with Crippen LogP contribution >= 0.6 is 0 Å². The number of nitrogens with zero attached hydrogens (tertiary/aromatic N) is 1. The van der Waals surface area contributed by atoms with Crippen LogP contribution in [0, 0.1) is 6.92 Å². The topological polar surface area (TPSA) is 41.6 Å². The average molecular weight is 377 g/mol. The molecule has 0 saturated carbocycles. The summed E-state index contributed by atoms with van der Waals surface area (Å²) in [5, 5.41) is 3.33. The summed E-state index contributed by atoms with van der Waals surface area (Å²) in [6.45, 7) is 9.87. The van der Waals surface area contributed by atoms with Crippen molar-refractivity contribution in [3.05, 3.63) is 65.2 Å². The Morgan fingerprint density at radius 2 is 2.00 bits per heavy atom. The van der Waals surface area contributed by atoms with E-state index in [1.165, 1.54) is 16.8 Å². The van der Waals surface area contributed by atoms with Gasteiger partial charge in [0, 0.05) is 29.6 Å². The summed E-state index contributed by atoms with van der Waals surface area (Å²) >= 11 is 0. The molecule has 1 fully saturated rings. The van der Waals surface area contributed by atoms with E-state index >= 15 is 0 Å². The summed E-state index contributed by atoms with van der Waals surface area (Å²) in [5.74, 6) is 0.951. The van der Waals surface area contributed by atoms with Crippen LogP contribution in [0.4, 0.5) is 5.69 Å². The first-order valence-corrected chi connectivity index (χ1v) is 10.00. The molecule has 4 nitrogen and oxygen atoms in total. The maximum Gasteiger partial charge on any atom is 0.223 e. The van der Waals surface area contributed by atoms with Gasteiger partial charge >= 0.3 is 0 Å². The lowest BCUT2D eigenvalue weighted by Crippen LogP contribution is -2.68. The summed E-state index contributed by atoms with van der Waals surface area (Å²) in [6, 6.07) is 14.6. The molecule has 1 amide bonds. The van der Waals surface area contributed by atoms with E-state index in [0.717, 1.165) is 11.3 Å². The summed E-state index contributed by atoms with van der Waals surface area (Å²) in [5.41, 5.74) is 3.86. The Balaban J connectivity index is 1.84. The fraction of sp³-hybridized carbons (Fsp3) is 0.375. The SMILES string of the molecule is CCOc1ccccc1C=CC12NC(=O)CCN1c1ccc(C)cc1C2(C)C. The number of fused-ring (bicyclic) bond motifs is 3. The van der Waals surface area contributed by atoms with Crippen LogP contribution in [0.25, 0.3) is 6.08 Å². The second-order valence-electron chi connectivity index (χ2n) is 8.17. The van der Waals surface area contributed by atoms with E-state index in [9.17, 15) is 4.79 Å². The Morgan fingerprint density at radius 3 is 2.79 bits per heavy atom. The first-order chi connectivity index (χ1) is 13.4. The minimum absolute atomic E-state index is 0.0941. The predicted octanol–water partition coefficient (Wildman–Crippen LogP) is 4.42. The number of rotatable bonds is 4. The van der Waals surface area contributed by atoms with Crippen molar-refractivity contribution in [1.29, 1.82) is 0 Å². The van der Waals surface area contributed by atoms with Crippen LogP contribution in [0.2, 0.25) is 0 Å². The molecule has 2 heterocycles. The van der Waals surface area contributed by atoms with Gasteiger partial charge in [0.25, 0.3) is 0 Å². The molecule has 146 valence electrons. The lowest BCUT2D eigenvalue weighted by molar-refractivity contribution is -0.124.